The van der Waals surface area contributed by atoms with E-state index in [9.17, 15) is 4.79 Å². The second-order valence-corrected chi connectivity index (χ2v) is 8.42. The van der Waals surface area contributed by atoms with Crippen LogP contribution in [-0.4, -0.2) is 19.6 Å². The molecule has 3 aromatic rings. The second kappa shape index (κ2) is 6.91. The van der Waals surface area contributed by atoms with Crippen LogP contribution in [0.2, 0.25) is 0 Å². The predicted molar refractivity (Wildman–Crippen MR) is 120 cm³/mol. The molecule has 2 bridgehead atoms. The van der Waals surface area contributed by atoms with Crippen LogP contribution in [0.3, 0.4) is 0 Å². The molecule has 0 unspecified atom stereocenters. The minimum absolute atomic E-state index is 0.225. The molecule has 152 valence electrons. The van der Waals surface area contributed by atoms with Crippen LogP contribution in [0.25, 0.3) is 0 Å². The van der Waals surface area contributed by atoms with Crippen molar-refractivity contribution in [1.29, 1.82) is 0 Å². The fourth-order valence-electron chi connectivity index (χ4n) is 5.07. The topological polar surface area (TPSA) is 32.8 Å². The maximum absolute atomic E-state index is 13.6. The molecule has 0 aliphatic carbocycles. The minimum Gasteiger partial charge on any atom is -0.467 e. The number of carbonyl (C=O) groups excluding carboxylic acids is 1. The van der Waals surface area contributed by atoms with E-state index >= 15 is 0 Å². The van der Waals surface area contributed by atoms with Crippen LogP contribution in [-0.2, 0) is 28.2 Å². The zero-order chi connectivity index (χ0) is 20.9. The number of hydrogen-bond acceptors (Lipinski definition) is 4. The molecule has 0 fully saturated rings. The van der Waals surface area contributed by atoms with Gasteiger partial charge in [-0.15, -0.1) is 0 Å². The standard InChI is InChI=1S/C26H26N2O2/c1-18-9-11-23-21(14-18)16-28-24-12-10-19(2)13-20(24)15-27(23)17-26(28,25(29)30-3)22-7-5-4-6-8-22/h4-14H,15-17H2,1-3H3/t26-/m0/s1. The van der Waals surface area contributed by atoms with Crippen molar-refractivity contribution < 1.29 is 9.53 Å². The molecular weight excluding hydrogens is 372 g/mol. The maximum Gasteiger partial charge on any atom is 0.338 e. The lowest BCUT2D eigenvalue weighted by molar-refractivity contribution is -0.147. The van der Waals surface area contributed by atoms with Crippen molar-refractivity contribution in [2.45, 2.75) is 32.5 Å². The summed E-state index contributed by atoms with van der Waals surface area (Å²) in [6, 6.07) is 23.2. The molecule has 0 saturated carbocycles. The van der Waals surface area contributed by atoms with Crippen LogP contribution >= 0.6 is 0 Å². The highest BCUT2D eigenvalue weighted by molar-refractivity contribution is 5.90. The summed E-state index contributed by atoms with van der Waals surface area (Å²) in [5.41, 5.74) is 7.26. The number of methoxy groups -OCH3 is 1. The van der Waals surface area contributed by atoms with Gasteiger partial charge in [0.15, 0.2) is 5.54 Å². The molecule has 4 nitrogen and oxygen atoms in total. The molecule has 5 rings (SSSR count). The molecule has 2 aliphatic heterocycles. The van der Waals surface area contributed by atoms with Gasteiger partial charge in [0.2, 0.25) is 0 Å². The molecule has 1 atom stereocenters. The highest BCUT2D eigenvalue weighted by Crippen LogP contribution is 2.46. The SMILES string of the molecule is COC(=O)[C@@]1(c2ccccc2)CN2Cc3cc(C)ccc3N1Cc1cc(C)ccc12. The third-order valence-electron chi connectivity index (χ3n) is 6.45. The van der Waals surface area contributed by atoms with Gasteiger partial charge >= 0.3 is 5.97 Å². The zero-order valence-electron chi connectivity index (χ0n) is 17.7. The Morgan fingerprint density at radius 3 is 2.17 bits per heavy atom. The van der Waals surface area contributed by atoms with Crippen LogP contribution in [0, 0.1) is 13.8 Å². The Kier molecular flexibility index (Phi) is 4.31. The van der Waals surface area contributed by atoms with Crippen molar-refractivity contribution in [1.82, 2.24) is 0 Å². The van der Waals surface area contributed by atoms with E-state index in [0.29, 0.717) is 13.1 Å². The number of carbonyl (C=O) groups is 1. The van der Waals surface area contributed by atoms with Crippen molar-refractivity contribution in [2.75, 3.05) is 23.5 Å². The highest BCUT2D eigenvalue weighted by atomic mass is 16.5. The fourth-order valence-corrected chi connectivity index (χ4v) is 5.07. The summed E-state index contributed by atoms with van der Waals surface area (Å²) < 4.78 is 5.47. The molecule has 4 heteroatoms. The summed E-state index contributed by atoms with van der Waals surface area (Å²) in [4.78, 5) is 18.2. The van der Waals surface area contributed by atoms with Crippen LogP contribution < -0.4 is 9.80 Å². The summed E-state index contributed by atoms with van der Waals surface area (Å²) >= 11 is 0. The molecule has 30 heavy (non-hydrogen) atoms. The Hall–Kier alpha value is -3.27. The minimum atomic E-state index is -0.927. The van der Waals surface area contributed by atoms with E-state index in [-0.39, 0.29) is 5.97 Å². The van der Waals surface area contributed by atoms with Crippen LogP contribution in [0.1, 0.15) is 27.8 Å². The van der Waals surface area contributed by atoms with Gasteiger partial charge in [-0.05, 0) is 42.7 Å². The van der Waals surface area contributed by atoms with Gasteiger partial charge in [-0.1, -0.05) is 65.7 Å². The Bertz CT molecular complexity index is 1130. The van der Waals surface area contributed by atoms with Crippen LogP contribution in [0.15, 0.2) is 66.7 Å². The molecule has 0 saturated heterocycles. The van der Waals surface area contributed by atoms with E-state index in [2.05, 4.69) is 60.0 Å². The van der Waals surface area contributed by atoms with Gasteiger partial charge in [0.05, 0.1) is 13.7 Å². The summed E-state index contributed by atoms with van der Waals surface area (Å²) in [7, 11) is 1.49. The number of esters is 1. The molecule has 0 radical (unpaired) electrons. The average Bonchev–Trinajstić information content (AvgIpc) is 2.97. The van der Waals surface area contributed by atoms with Crippen molar-refractivity contribution in [3.63, 3.8) is 0 Å². The van der Waals surface area contributed by atoms with Gasteiger partial charge in [-0.25, -0.2) is 4.79 Å². The molecule has 3 aromatic carbocycles. The van der Waals surface area contributed by atoms with E-state index < -0.39 is 5.54 Å². The molecule has 2 aliphatic rings. The molecule has 0 amide bonds. The zero-order valence-corrected chi connectivity index (χ0v) is 17.7. The van der Waals surface area contributed by atoms with Gasteiger partial charge in [0, 0.05) is 24.5 Å². The number of aryl methyl sites for hydroxylation is 2. The lowest BCUT2D eigenvalue weighted by atomic mass is 9.87. The van der Waals surface area contributed by atoms with Gasteiger partial charge in [-0.3, -0.25) is 0 Å². The van der Waals surface area contributed by atoms with Crippen molar-refractivity contribution in [3.05, 3.63) is 94.5 Å². The predicted octanol–water partition coefficient (Wildman–Crippen LogP) is 4.71. The molecule has 0 spiro atoms. The molecule has 2 heterocycles. The van der Waals surface area contributed by atoms with E-state index in [1.54, 1.807) is 0 Å². The Balaban J connectivity index is 1.83. The number of nitrogens with zero attached hydrogens (tertiary/aromatic N) is 2. The maximum atomic E-state index is 13.6. The first-order valence-corrected chi connectivity index (χ1v) is 10.4. The highest BCUT2D eigenvalue weighted by Gasteiger charge is 2.52. The third kappa shape index (κ3) is 2.71. The van der Waals surface area contributed by atoms with Gasteiger partial charge in [0.25, 0.3) is 0 Å². The largest absolute Gasteiger partial charge is 0.467 e. The van der Waals surface area contributed by atoms with Gasteiger partial charge in [0.1, 0.15) is 0 Å². The first-order valence-electron chi connectivity index (χ1n) is 10.4. The van der Waals surface area contributed by atoms with E-state index in [1.165, 1.54) is 35.1 Å². The molecule has 0 N–H and O–H groups in total. The molecular formula is C26H26N2O2. The Morgan fingerprint density at radius 1 is 0.867 bits per heavy atom. The Labute approximate surface area is 177 Å². The fraction of sp³-hybridized carbons (Fsp3) is 0.269. The summed E-state index contributed by atoms with van der Waals surface area (Å²) in [5, 5.41) is 0. The summed E-state index contributed by atoms with van der Waals surface area (Å²) in [6.45, 7) is 6.18. The van der Waals surface area contributed by atoms with Gasteiger partial charge in [-0.2, -0.15) is 0 Å². The van der Waals surface area contributed by atoms with Crippen molar-refractivity contribution in [3.8, 4) is 0 Å². The van der Waals surface area contributed by atoms with E-state index in [4.69, 9.17) is 4.74 Å². The van der Waals surface area contributed by atoms with Crippen molar-refractivity contribution in [2.24, 2.45) is 0 Å². The Morgan fingerprint density at radius 2 is 1.50 bits per heavy atom. The normalized spacial score (nSPS) is 19.6. The first kappa shape index (κ1) is 18.7. The van der Waals surface area contributed by atoms with Crippen LogP contribution in [0.4, 0.5) is 11.4 Å². The lowest BCUT2D eigenvalue weighted by Crippen LogP contribution is -2.56. The number of ether oxygens (including phenoxy) is 1. The third-order valence-corrected chi connectivity index (χ3v) is 6.45. The average molecular weight is 399 g/mol. The summed E-state index contributed by atoms with van der Waals surface area (Å²) in [6.07, 6.45) is 0. The van der Waals surface area contributed by atoms with Gasteiger partial charge < -0.3 is 14.5 Å². The monoisotopic (exact) mass is 398 g/mol. The number of fused-ring (bicyclic) bond motifs is 7. The number of hydrogen-bond donors (Lipinski definition) is 0. The number of rotatable bonds is 2. The summed E-state index contributed by atoms with van der Waals surface area (Å²) in [5.74, 6) is -0.225. The smallest absolute Gasteiger partial charge is 0.338 e. The molecule has 0 aromatic heterocycles. The van der Waals surface area contributed by atoms with Crippen molar-refractivity contribution >= 4 is 17.3 Å². The van der Waals surface area contributed by atoms with E-state index in [0.717, 1.165) is 17.8 Å². The lowest BCUT2D eigenvalue weighted by Gasteiger charge is -2.42. The first-order chi connectivity index (χ1) is 14.5. The van der Waals surface area contributed by atoms with Crippen LogP contribution in [0.5, 0.6) is 0 Å². The second-order valence-electron chi connectivity index (χ2n) is 8.42. The quantitative estimate of drug-likeness (QED) is 0.585. The number of benzene rings is 3. The number of anilines is 2. The van der Waals surface area contributed by atoms with E-state index in [1.807, 2.05) is 30.3 Å².